The highest BCUT2D eigenvalue weighted by molar-refractivity contribution is 5.75. The Balaban J connectivity index is 2.24. The molecule has 1 saturated heterocycles. The van der Waals surface area contributed by atoms with E-state index in [4.69, 9.17) is 11.5 Å². The van der Waals surface area contributed by atoms with Crippen molar-refractivity contribution in [2.75, 3.05) is 19.6 Å². The number of nitrogens with zero attached hydrogens (tertiary/aromatic N) is 1. The molecule has 58 valence electrons. The summed E-state index contributed by atoms with van der Waals surface area (Å²) in [4.78, 5) is 12.4. The highest BCUT2D eigenvalue weighted by Crippen LogP contribution is 2.04. The first-order valence-electron chi connectivity index (χ1n) is 3.44. The molecule has 0 saturated carbocycles. The Morgan fingerprint density at radius 2 is 2.40 bits per heavy atom. The third-order valence-corrected chi connectivity index (χ3v) is 1.69. The molecule has 1 amide bonds. The van der Waals surface area contributed by atoms with Crippen LogP contribution in [0.5, 0.6) is 0 Å². The van der Waals surface area contributed by atoms with Gasteiger partial charge in [-0.2, -0.15) is 0 Å². The summed E-state index contributed by atoms with van der Waals surface area (Å²) in [5.41, 5.74) is 10.6. The molecular weight excluding hydrogens is 130 g/mol. The highest BCUT2D eigenvalue weighted by Gasteiger charge is 2.19. The highest BCUT2D eigenvalue weighted by atomic mass is 16.1. The lowest BCUT2D eigenvalue weighted by Gasteiger charge is -2.11. The van der Waals surface area contributed by atoms with E-state index in [-0.39, 0.29) is 11.9 Å². The van der Waals surface area contributed by atoms with Gasteiger partial charge >= 0.3 is 0 Å². The van der Waals surface area contributed by atoms with Crippen LogP contribution in [0.15, 0.2) is 0 Å². The summed E-state index contributed by atoms with van der Waals surface area (Å²) in [6, 6.07) is 0.236. The van der Waals surface area contributed by atoms with Crippen LogP contribution in [0.4, 0.5) is 0 Å². The second kappa shape index (κ2) is 2.98. The monoisotopic (exact) mass is 143 g/mol. The number of primary amides is 1. The summed E-state index contributed by atoms with van der Waals surface area (Å²) >= 11 is 0. The van der Waals surface area contributed by atoms with Crippen LogP contribution in [-0.4, -0.2) is 36.5 Å². The summed E-state index contributed by atoms with van der Waals surface area (Å²) in [5, 5.41) is 0. The zero-order valence-electron chi connectivity index (χ0n) is 5.92. The molecule has 0 aliphatic carbocycles. The molecule has 0 aromatic rings. The molecule has 1 fully saturated rings. The Hall–Kier alpha value is -0.610. The summed E-state index contributed by atoms with van der Waals surface area (Å²) in [6.07, 6.45) is 0.979. The van der Waals surface area contributed by atoms with Crippen molar-refractivity contribution in [3.63, 3.8) is 0 Å². The fraction of sp³-hybridized carbons (Fsp3) is 0.833. The van der Waals surface area contributed by atoms with Gasteiger partial charge in [0, 0.05) is 19.1 Å². The summed E-state index contributed by atoms with van der Waals surface area (Å²) < 4.78 is 0. The van der Waals surface area contributed by atoms with Crippen LogP contribution in [0.3, 0.4) is 0 Å². The van der Waals surface area contributed by atoms with E-state index in [9.17, 15) is 4.79 Å². The predicted molar refractivity (Wildman–Crippen MR) is 38.2 cm³/mol. The maximum atomic E-state index is 10.4. The van der Waals surface area contributed by atoms with E-state index in [1.165, 1.54) is 0 Å². The molecule has 0 spiro atoms. The molecule has 0 bridgehead atoms. The summed E-state index contributed by atoms with van der Waals surface area (Å²) in [7, 11) is 0. The Morgan fingerprint density at radius 3 is 2.80 bits per heavy atom. The minimum Gasteiger partial charge on any atom is -0.369 e. The number of carbonyl (C=O) groups is 1. The van der Waals surface area contributed by atoms with E-state index < -0.39 is 0 Å². The van der Waals surface area contributed by atoms with Crippen molar-refractivity contribution < 1.29 is 4.79 Å². The topological polar surface area (TPSA) is 72.4 Å². The second-order valence-electron chi connectivity index (χ2n) is 2.75. The zero-order valence-corrected chi connectivity index (χ0v) is 5.92. The van der Waals surface area contributed by atoms with Crippen molar-refractivity contribution in [3.05, 3.63) is 0 Å². The van der Waals surface area contributed by atoms with E-state index in [1.807, 2.05) is 4.90 Å². The van der Waals surface area contributed by atoms with Gasteiger partial charge in [0.2, 0.25) is 5.91 Å². The summed E-state index contributed by atoms with van der Waals surface area (Å²) in [5.74, 6) is -0.269. The first-order chi connectivity index (χ1) is 4.68. The molecule has 0 radical (unpaired) electrons. The third-order valence-electron chi connectivity index (χ3n) is 1.69. The molecule has 1 rings (SSSR count). The minimum absolute atomic E-state index is 0.236. The molecule has 4 N–H and O–H groups in total. The van der Waals surface area contributed by atoms with E-state index in [1.54, 1.807) is 0 Å². The number of hydrogen-bond acceptors (Lipinski definition) is 3. The number of likely N-dealkylation sites (tertiary alicyclic amines) is 1. The van der Waals surface area contributed by atoms with E-state index in [0.29, 0.717) is 6.54 Å². The van der Waals surface area contributed by atoms with Crippen molar-refractivity contribution in [2.24, 2.45) is 11.5 Å². The van der Waals surface area contributed by atoms with Crippen molar-refractivity contribution in [1.82, 2.24) is 4.90 Å². The fourth-order valence-electron chi connectivity index (χ4n) is 1.23. The molecule has 1 unspecified atom stereocenters. The lowest BCUT2D eigenvalue weighted by molar-refractivity contribution is -0.118. The molecule has 4 heteroatoms. The van der Waals surface area contributed by atoms with Gasteiger partial charge in [-0.15, -0.1) is 0 Å². The molecule has 0 aromatic heterocycles. The average Bonchev–Trinajstić information content (AvgIpc) is 2.13. The number of hydrogen-bond donors (Lipinski definition) is 2. The maximum Gasteiger partial charge on any atom is 0.231 e. The second-order valence-corrected chi connectivity index (χ2v) is 2.75. The molecule has 1 aliphatic rings. The first-order valence-corrected chi connectivity index (χ1v) is 3.44. The van der Waals surface area contributed by atoms with Crippen LogP contribution in [0, 0.1) is 0 Å². The quantitative estimate of drug-likeness (QED) is 0.494. The van der Waals surface area contributed by atoms with Crippen LogP contribution in [0.1, 0.15) is 6.42 Å². The van der Waals surface area contributed by atoms with Crippen LogP contribution >= 0.6 is 0 Å². The van der Waals surface area contributed by atoms with E-state index in [2.05, 4.69) is 0 Å². The molecular formula is C6H13N3O. The zero-order chi connectivity index (χ0) is 7.56. The molecule has 4 nitrogen and oxygen atoms in total. The van der Waals surface area contributed by atoms with Crippen LogP contribution in [0.25, 0.3) is 0 Å². The predicted octanol–water partition coefficient (Wildman–Crippen LogP) is -1.50. The molecule has 10 heavy (non-hydrogen) atoms. The lowest BCUT2D eigenvalue weighted by atomic mass is 10.3. The van der Waals surface area contributed by atoms with Crippen LogP contribution in [-0.2, 0) is 4.79 Å². The van der Waals surface area contributed by atoms with Gasteiger partial charge < -0.3 is 11.5 Å². The SMILES string of the molecule is NC(=O)CN1CCC(N)C1. The van der Waals surface area contributed by atoms with Crippen LogP contribution < -0.4 is 11.5 Å². The Morgan fingerprint density at radius 1 is 1.70 bits per heavy atom. The van der Waals surface area contributed by atoms with E-state index >= 15 is 0 Å². The molecule has 1 heterocycles. The standard InChI is InChI=1S/C6H13N3O/c7-5-1-2-9(3-5)4-6(8)10/h5H,1-4,7H2,(H2,8,10). The summed E-state index contributed by atoms with van der Waals surface area (Å²) in [6.45, 7) is 2.07. The number of nitrogens with two attached hydrogens (primary N) is 2. The average molecular weight is 143 g/mol. The Labute approximate surface area is 60.2 Å². The third kappa shape index (κ3) is 1.97. The van der Waals surface area contributed by atoms with Crippen LogP contribution in [0.2, 0.25) is 0 Å². The maximum absolute atomic E-state index is 10.4. The van der Waals surface area contributed by atoms with E-state index in [0.717, 1.165) is 19.5 Å². The minimum atomic E-state index is -0.269. The number of carbonyl (C=O) groups excluding carboxylic acids is 1. The number of amides is 1. The largest absolute Gasteiger partial charge is 0.369 e. The first kappa shape index (κ1) is 7.50. The number of rotatable bonds is 2. The van der Waals surface area contributed by atoms with Gasteiger partial charge in [0.05, 0.1) is 6.54 Å². The van der Waals surface area contributed by atoms with Gasteiger partial charge in [-0.05, 0) is 6.42 Å². The molecule has 1 aliphatic heterocycles. The van der Waals surface area contributed by atoms with Crippen molar-refractivity contribution >= 4 is 5.91 Å². The molecule has 0 aromatic carbocycles. The van der Waals surface area contributed by atoms with Gasteiger partial charge in [0.25, 0.3) is 0 Å². The Kier molecular flexibility index (Phi) is 2.24. The van der Waals surface area contributed by atoms with Crippen molar-refractivity contribution in [1.29, 1.82) is 0 Å². The van der Waals surface area contributed by atoms with Crippen molar-refractivity contribution in [2.45, 2.75) is 12.5 Å². The smallest absolute Gasteiger partial charge is 0.231 e. The van der Waals surface area contributed by atoms with Gasteiger partial charge in [0.15, 0.2) is 0 Å². The Bertz CT molecular complexity index is 137. The van der Waals surface area contributed by atoms with Gasteiger partial charge in [-0.25, -0.2) is 0 Å². The van der Waals surface area contributed by atoms with Crippen molar-refractivity contribution in [3.8, 4) is 0 Å². The van der Waals surface area contributed by atoms with Gasteiger partial charge in [-0.3, -0.25) is 9.69 Å². The normalized spacial score (nSPS) is 27.1. The lowest BCUT2D eigenvalue weighted by Crippen LogP contribution is -2.34. The molecule has 1 atom stereocenters. The van der Waals surface area contributed by atoms with Gasteiger partial charge in [0.1, 0.15) is 0 Å². The van der Waals surface area contributed by atoms with Gasteiger partial charge in [-0.1, -0.05) is 0 Å². The fourth-order valence-corrected chi connectivity index (χ4v) is 1.23.